The van der Waals surface area contributed by atoms with Crippen molar-refractivity contribution < 1.29 is 14.5 Å². The zero-order valence-corrected chi connectivity index (χ0v) is 14.4. The van der Waals surface area contributed by atoms with Crippen LogP contribution in [0, 0.1) is 21.4 Å². The molecule has 0 N–H and O–H groups in total. The summed E-state index contributed by atoms with van der Waals surface area (Å²) in [6.45, 7) is 6.36. The Morgan fingerprint density at radius 3 is 2.46 bits per heavy atom. The van der Waals surface area contributed by atoms with E-state index in [1.54, 1.807) is 0 Å². The lowest BCUT2D eigenvalue weighted by Crippen LogP contribution is -2.32. The van der Waals surface area contributed by atoms with Gasteiger partial charge in [0.15, 0.2) is 0 Å². The molecule has 1 aliphatic carbocycles. The molecule has 0 radical (unpaired) electrons. The first kappa shape index (κ1) is 18.2. The van der Waals surface area contributed by atoms with Crippen LogP contribution in [0.5, 0.6) is 0 Å². The summed E-state index contributed by atoms with van der Waals surface area (Å²) in [5.41, 5.74) is -0.437. The average Bonchev–Trinajstić information content (AvgIpc) is 2.48. The van der Waals surface area contributed by atoms with Gasteiger partial charge in [-0.05, 0) is 37.0 Å². The molecule has 0 saturated heterocycles. The Balaban J connectivity index is 1.92. The van der Waals surface area contributed by atoms with Crippen LogP contribution >= 0.6 is 0 Å². The topological polar surface area (TPSA) is 91.4 Å². The molecule has 1 aliphatic rings. The summed E-state index contributed by atoms with van der Waals surface area (Å²) in [4.78, 5) is 33.9. The van der Waals surface area contributed by atoms with Crippen LogP contribution in [-0.4, -0.2) is 21.6 Å². The molecule has 1 aromatic rings. The van der Waals surface area contributed by atoms with Gasteiger partial charge in [-0.1, -0.05) is 20.8 Å². The molecule has 1 heterocycles. The van der Waals surface area contributed by atoms with Gasteiger partial charge in [-0.3, -0.25) is 24.3 Å². The molecule has 0 atom stereocenters. The Morgan fingerprint density at radius 1 is 1.29 bits per heavy atom. The molecular formula is C17H24N2O5. The predicted molar refractivity (Wildman–Crippen MR) is 88.6 cm³/mol. The first-order valence-corrected chi connectivity index (χ1v) is 8.21. The van der Waals surface area contributed by atoms with Crippen LogP contribution in [0.15, 0.2) is 23.1 Å². The number of carbonyl (C=O) groups excluding carboxylic acids is 1. The van der Waals surface area contributed by atoms with E-state index in [0.29, 0.717) is 5.92 Å². The Hall–Kier alpha value is -2.18. The number of esters is 1. The molecule has 0 aromatic carbocycles. The fraction of sp³-hybridized carbons (Fsp3) is 0.647. The van der Waals surface area contributed by atoms with Crippen LogP contribution in [0.25, 0.3) is 0 Å². The SMILES string of the molecule is CC(C)(C)C1CCC(OC(=O)Cn2cc([N+](=O)[O-])ccc2=O)CC1. The summed E-state index contributed by atoms with van der Waals surface area (Å²) >= 11 is 0. The van der Waals surface area contributed by atoms with Gasteiger partial charge >= 0.3 is 5.97 Å². The molecule has 0 bridgehead atoms. The smallest absolute Gasteiger partial charge is 0.326 e. The van der Waals surface area contributed by atoms with E-state index in [1.165, 1.54) is 0 Å². The highest BCUT2D eigenvalue weighted by molar-refractivity contribution is 5.69. The van der Waals surface area contributed by atoms with E-state index in [4.69, 9.17) is 4.74 Å². The largest absolute Gasteiger partial charge is 0.461 e. The van der Waals surface area contributed by atoms with Crippen molar-refractivity contribution in [1.82, 2.24) is 4.57 Å². The fourth-order valence-electron chi connectivity index (χ4n) is 3.16. The highest BCUT2D eigenvalue weighted by atomic mass is 16.6. The third-order valence-corrected chi connectivity index (χ3v) is 4.68. The summed E-state index contributed by atoms with van der Waals surface area (Å²) in [5.74, 6) is 0.0867. The molecular weight excluding hydrogens is 312 g/mol. The maximum Gasteiger partial charge on any atom is 0.326 e. The lowest BCUT2D eigenvalue weighted by atomic mass is 9.72. The molecule has 1 aromatic heterocycles. The first-order chi connectivity index (χ1) is 11.2. The molecule has 0 aliphatic heterocycles. The molecule has 7 nitrogen and oxygen atoms in total. The van der Waals surface area contributed by atoms with E-state index in [9.17, 15) is 19.7 Å². The Labute approximate surface area is 140 Å². The third-order valence-electron chi connectivity index (χ3n) is 4.68. The molecule has 0 amide bonds. The highest BCUT2D eigenvalue weighted by Gasteiger charge is 2.31. The normalized spacial score (nSPS) is 21.3. The minimum Gasteiger partial charge on any atom is -0.461 e. The number of aromatic nitrogens is 1. The van der Waals surface area contributed by atoms with Crippen molar-refractivity contribution in [3.8, 4) is 0 Å². The van der Waals surface area contributed by atoms with Gasteiger partial charge in [-0.25, -0.2) is 0 Å². The van der Waals surface area contributed by atoms with Crippen LogP contribution < -0.4 is 5.56 Å². The van der Waals surface area contributed by atoms with Crippen LogP contribution in [0.2, 0.25) is 0 Å². The molecule has 132 valence electrons. The van der Waals surface area contributed by atoms with Crippen LogP contribution in [0.3, 0.4) is 0 Å². The van der Waals surface area contributed by atoms with E-state index in [0.717, 1.165) is 48.6 Å². The number of hydrogen-bond donors (Lipinski definition) is 0. The maximum atomic E-state index is 12.0. The number of carbonyl (C=O) groups is 1. The van der Waals surface area contributed by atoms with Crippen molar-refractivity contribution >= 4 is 11.7 Å². The molecule has 1 fully saturated rings. The average molecular weight is 336 g/mol. The first-order valence-electron chi connectivity index (χ1n) is 8.21. The van der Waals surface area contributed by atoms with Gasteiger partial charge in [0.25, 0.3) is 11.2 Å². The molecule has 1 saturated carbocycles. The lowest BCUT2D eigenvalue weighted by molar-refractivity contribution is -0.385. The fourth-order valence-corrected chi connectivity index (χ4v) is 3.16. The van der Waals surface area contributed by atoms with Gasteiger partial charge in [0.05, 0.1) is 11.1 Å². The quantitative estimate of drug-likeness (QED) is 0.479. The van der Waals surface area contributed by atoms with E-state index < -0.39 is 16.5 Å². The standard InChI is InChI=1S/C17H24N2O5/c1-17(2,3)12-4-7-14(8-5-12)24-16(21)11-18-10-13(19(22)23)6-9-15(18)20/h6,9-10,12,14H,4-5,7-8,11H2,1-3H3. The van der Waals surface area contributed by atoms with Crippen LogP contribution in [-0.2, 0) is 16.1 Å². The van der Waals surface area contributed by atoms with Crippen molar-refractivity contribution in [3.63, 3.8) is 0 Å². The highest BCUT2D eigenvalue weighted by Crippen LogP contribution is 2.38. The second-order valence-corrected chi connectivity index (χ2v) is 7.44. The van der Waals surface area contributed by atoms with Gasteiger partial charge < -0.3 is 4.74 Å². The van der Waals surface area contributed by atoms with Crippen molar-refractivity contribution in [2.45, 2.75) is 59.1 Å². The maximum absolute atomic E-state index is 12.0. The Morgan fingerprint density at radius 2 is 1.92 bits per heavy atom. The minimum atomic E-state index is -0.602. The number of nitro groups is 1. The van der Waals surface area contributed by atoms with E-state index in [1.807, 2.05) is 0 Å². The molecule has 0 spiro atoms. The van der Waals surface area contributed by atoms with Gasteiger partial charge in [-0.15, -0.1) is 0 Å². The summed E-state index contributed by atoms with van der Waals surface area (Å²) in [7, 11) is 0. The molecule has 0 unspecified atom stereocenters. The number of ether oxygens (including phenoxy) is 1. The molecule has 7 heteroatoms. The lowest BCUT2D eigenvalue weighted by Gasteiger charge is -2.36. The van der Waals surface area contributed by atoms with Crippen molar-refractivity contribution in [3.05, 3.63) is 38.8 Å². The molecule has 2 rings (SSSR count). The zero-order chi connectivity index (χ0) is 17.9. The van der Waals surface area contributed by atoms with Crippen LogP contribution in [0.1, 0.15) is 46.5 Å². The van der Waals surface area contributed by atoms with Crippen molar-refractivity contribution in [2.75, 3.05) is 0 Å². The van der Waals surface area contributed by atoms with Gasteiger partial charge in [0.2, 0.25) is 0 Å². The second kappa shape index (κ2) is 7.15. The second-order valence-electron chi connectivity index (χ2n) is 7.44. The van der Waals surface area contributed by atoms with E-state index >= 15 is 0 Å². The third kappa shape index (κ3) is 4.66. The summed E-state index contributed by atoms with van der Waals surface area (Å²) < 4.78 is 6.46. The van der Waals surface area contributed by atoms with Crippen LogP contribution in [0.4, 0.5) is 5.69 Å². The summed E-state index contributed by atoms with van der Waals surface area (Å²) in [5, 5.41) is 10.8. The van der Waals surface area contributed by atoms with Gasteiger partial charge in [0, 0.05) is 12.1 Å². The minimum absolute atomic E-state index is 0.134. The number of pyridine rings is 1. The van der Waals surface area contributed by atoms with E-state index in [2.05, 4.69) is 20.8 Å². The van der Waals surface area contributed by atoms with Crippen molar-refractivity contribution in [1.29, 1.82) is 0 Å². The number of rotatable bonds is 4. The van der Waals surface area contributed by atoms with Gasteiger partial charge in [0.1, 0.15) is 12.6 Å². The monoisotopic (exact) mass is 336 g/mol. The zero-order valence-electron chi connectivity index (χ0n) is 14.4. The van der Waals surface area contributed by atoms with Crippen molar-refractivity contribution in [2.24, 2.45) is 11.3 Å². The summed E-state index contributed by atoms with van der Waals surface area (Å²) in [6.07, 6.45) is 4.59. The Bertz CT molecular complexity index is 666. The van der Waals surface area contributed by atoms with E-state index in [-0.39, 0.29) is 23.8 Å². The number of hydrogen-bond acceptors (Lipinski definition) is 5. The number of nitrogens with zero attached hydrogens (tertiary/aromatic N) is 2. The predicted octanol–water partition coefficient (Wildman–Crippen LogP) is 2.90. The molecule has 24 heavy (non-hydrogen) atoms. The summed E-state index contributed by atoms with van der Waals surface area (Å²) in [6, 6.07) is 2.21. The van der Waals surface area contributed by atoms with Gasteiger partial charge in [-0.2, -0.15) is 0 Å². The Kier molecular flexibility index (Phi) is 5.41.